The molecular weight excluding hydrogens is 371 g/mol. The van der Waals surface area contributed by atoms with E-state index in [1.165, 1.54) is 37.5 Å². The second-order valence-electron chi connectivity index (χ2n) is 5.63. The topological polar surface area (TPSA) is 84.0 Å². The van der Waals surface area contributed by atoms with E-state index in [1.54, 1.807) is 24.3 Å². The molecule has 1 heterocycles. The van der Waals surface area contributed by atoms with Crippen LogP contribution in [0.15, 0.2) is 54.9 Å². The molecule has 2 aromatic carbocycles. The number of anilines is 3. The van der Waals surface area contributed by atoms with Crippen molar-refractivity contribution >= 4 is 40.5 Å². The predicted molar refractivity (Wildman–Crippen MR) is 101 cm³/mol. The minimum absolute atomic E-state index is 0.0169. The number of rotatable bonds is 5. The Bertz CT molecular complexity index is 1010. The summed E-state index contributed by atoms with van der Waals surface area (Å²) in [5, 5.41) is 5.56. The molecule has 1 amide bonds. The Hall–Kier alpha value is -3.32. The Morgan fingerprint density at radius 3 is 2.52 bits per heavy atom. The van der Waals surface area contributed by atoms with Gasteiger partial charge < -0.3 is 10.6 Å². The van der Waals surface area contributed by atoms with E-state index >= 15 is 0 Å². The van der Waals surface area contributed by atoms with Gasteiger partial charge in [-0.2, -0.15) is 0 Å². The number of carbonyl (C=O) groups is 2. The Labute approximate surface area is 159 Å². The average Bonchev–Trinajstić information content (AvgIpc) is 2.65. The van der Waals surface area contributed by atoms with Crippen molar-refractivity contribution < 1.29 is 14.0 Å². The fraction of sp³-hybridized carbons (Fsp3) is 0.0526. The quantitative estimate of drug-likeness (QED) is 0.634. The summed E-state index contributed by atoms with van der Waals surface area (Å²) < 4.78 is 13.2. The minimum Gasteiger partial charge on any atom is -0.339 e. The summed E-state index contributed by atoms with van der Waals surface area (Å²) in [5.74, 6) is -0.705. The normalized spacial score (nSPS) is 10.3. The van der Waals surface area contributed by atoms with Gasteiger partial charge in [0.1, 0.15) is 17.3 Å². The molecular formula is C19H14ClFN4O2. The lowest BCUT2D eigenvalue weighted by Gasteiger charge is -2.08. The molecule has 27 heavy (non-hydrogen) atoms. The average molecular weight is 385 g/mol. The fourth-order valence-electron chi connectivity index (χ4n) is 2.24. The van der Waals surface area contributed by atoms with Gasteiger partial charge in [0.05, 0.1) is 17.4 Å². The molecule has 0 aliphatic rings. The molecule has 3 rings (SSSR count). The number of ketones is 1. The molecule has 0 saturated carbocycles. The van der Waals surface area contributed by atoms with Gasteiger partial charge in [-0.15, -0.1) is 0 Å². The molecule has 0 aliphatic heterocycles. The van der Waals surface area contributed by atoms with E-state index in [4.69, 9.17) is 11.6 Å². The second-order valence-corrected chi connectivity index (χ2v) is 6.04. The maximum absolute atomic E-state index is 13.2. The monoisotopic (exact) mass is 384 g/mol. The van der Waals surface area contributed by atoms with Crippen molar-refractivity contribution in [3.05, 3.63) is 77.0 Å². The van der Waals surface area contributed by atoms with Crippen LogP contribution in [-0.2, 0) is 0 Å². The lowest BCUT2D eigenvalue weighted by Crippen LogP contribution is -2.14. The first kappa shape index (κ1) is 18.5. The van der Waals surface area contributed by atoms with E-state index in [0.29, 0.717) is 22.8 Å². The van der Waals surface area contributed by atoms with E-state index < -0.39 is 11.7 Å². The third kappa shape index (κ3) is 4.65. The lowest BCUT2D eigenvalue weighted by molar-refractivity contribution is 0.100. The van der Waals surface area contributed by atoms with Gasteiger partial charge in [-0.25, -0.2) is 14.4 Å². The van der Waals surface area contributed by atoms with Gasteiger partial charge in [0, 0.05) is 16.9 Å². The SMILES string of the molecule is CC(=O)c1cccc(NC(=O)c2cnc(Nc3ccc(F)c(Cl)c3)cn2)c1. The smallest absolute Gasteiger partial charge is 0.275 e. The minimum atomic E-state index is -0.519. The lowest BCUT2D eigenvalue weighted by atomic mass is 10.1. The van der Waals surface area contributed by atoms with Gasteiger partial charge in [0.15, 0.2) is 5.78 Å². The highest BCUT2D eigenvalue weighted by atomic mass is 35.5. The van der Waals surface area contributed by atoms with Crippen molar-refractivity contribution in [1.29, 1.82) is 0 Å². The van der Waals surface area contributed by atoms with Crippen LogP contribution in [0.4, 0.5) is 21.6 Å². The number of benzene rings is 2. The van der Waals surface area contributed by atoms with Gasteiger partial charge >= 0.3 is 0 Å². The van der Waals surface area contributed by atoms with Gasteiger partial charge in [-0.3, -0.25) is 9.59 Å². The first-order valence-corrected chi connectivity index (χ1v) is 8.26. The number of carbonyl (C=O) groups excluding carboxylic acids is 2. The molecule has 136 valence electrons. The van der Waals surface area contributed by atoms with Crippen molar-refractivity contribution in [1.82, 2.24) is 9.97 Å². The predicted octanol–water partition coefficient (Wildman–Crippen LogP) is 4.47. The summed E-state index contributed by atoms with van der Waals surface area (Å²) in [4.78, 5) is 31.8. The molecule has 0 radical (unpaired) electrons. The number of hydrogen-bond donors (Lipinski definition) is 2. The van der Waals surface area contributed by atoms with Gasteiger partial charge in [0.2, 0.25) is 0 Å². The molecule has 0 saturated heterocycles. The number of nitrogens with zero attached hydrogens (tertiary/aromatic N) is 2. The number of halogens is 2. The maximum atomic E-state index is 13.2. The molecule has 6 nitrogen and oxygen atoms in total. The highest BCUT2D eigenvalue weighted by Crippen LogP contribution is 2.21. The number of hydrogen-bond acceptors (Lipinski definition) is 5. The summed E-state index contributed by atoms with van der Waals surface area (Å²) >= 11 is 5.73. The van der Waals surface area contributed by atoms with Crippen LogP contribution in [-0.4, -0.2) is 21.7 Å². The van der Waals surface area contributed by atoms with Crippen LogP contribution < -0.4 is 10.6 Å². The maximum Gasteiger partial charge on any atom is 0.275 e. The van der Waals surface area contributed by atoms with E-state index in [2.05, 4.69) is 20.6 Å². The van der Waals surface area contributed by atoms with E-state index in [9.17, 15) is 14.0 Å². The van der Waals surface area contributed by atoms with Crippen LogP contribution in [0.3, 0.4) is 0 Å². The van der Waals surface area contributed by atoms with Crippen molar-refractivity contribution in [2.75, 3.05) is 10.6 Å². The Balaban J connectivity index is 1.69. The van der Waals surface area contributed by atoms with Crippen LogP contribution in [0.1, 0.15) is 27.8 Å². The van der Waals surface area contributed by atoms with Gasteiger partial charge in [-0.1, -0.05) is 23.7 Å². The van der Waals surface area contributed by atoms with Crippen molar-refractivity contribution in [2.45, 2.75) is 6.92 Å². The highest BCUT2D eigenvalue weighted by Gasteiger charge is 2.10. The molecule has 0 fully saturated rings. The van der Waals surface area contributed by atoms with E-state index in [0.717, 1.165) is 0 Å². The zero-order valence-electron chi connectivity index (χ0n) is 14.2. The molecule has 0 aliphatic carbocycles. The Morgan fingerprint density at radius 2 is 1.85 bits per heavy atom. The van der Waals surface area contributed by atoms with E-state index in [-0.39, 0.29) is 16.5 Å². The van der Waals surface area contributed by atoms with Crippen molar-refractivity contribution in [2.24, 2.45) is 0 Å². The number of amides is 1. The third-order valence-corrected chi connectivity index (χ3v) is 3.89. The second kappa shape index (κ2) is 7.92. The first-order chi connectivity index (χ1) is 12.9. The summed E-state index contributed by atoms with van der Waals surface area (Å²) in [7, 11) is 0. The van der Waals surface area contributed by atoms with Gasteiger partial charge in [0.25, 0.3) is 5.91 Å². The molecule has 1 aromatic heterocycles. The van der Waals surface area contributed by atoms with Crippen LogP contribution in [0.25, 0.3) is 0 Å². The summed E-state index contributed by atoms with van der Waals surface area (Å²) in [5.41, 5.74) is 1.62. The summed E-state index contributed by atoms with van der Waals surface area (Å²) in [6.07, 6.45) is 2.68. The molecule has 0 bridgehead atoms. The zero-order chi connectivity index (χ0) is 19.4. The molecule has 8 heteroatoms. The van der Waals surface area contributed by atoms with Gasteiger partial charge in [-0.05, 0) is 37.3 Å². The highest BCUT2D eigenvalue weighted by molar-refractivity contribution is 6.31. The molecule has 0 unspecified atom stereocenters. The van der Waals surface area contributed by atoms with Crippen LogP contribution >= 0.6 is 11.6 Å². The fourth-order valence-corrected chi connectivity index (χ4v) is 2.42. The first-order valence-electron chi connectivity index (χ1n) is 7.89. The largest absolute Gasteiger partial charge is 0.339 e. The standard InChI is InChI=1S/C19H14ClFN4O2/c1-11(26)12-3-2-4-13(7-12)25-19(27)17-9-23-18(10-22-17)24-14-5-6-16(21)15(20)8-14/h2-10H,1H3,(H,23,24)(H,25,27). The Morgan fingerprint density at radius 1 is 1.04 bits per heavy atom. The number of nitrogens with one attached hydrogen (secondary N) is 2. The zero-order valence-corrected chi connectivity index (χ0v) is 14.9. The summed E-state index contributed by atoms with van der Waals surface area (Å²) in [6, 6.07) is 10.8. The van der Waals surface area contributed by atoms with Crippen LogP contribution in [0.2, 0.25) is 5.02 Å². The molecule has 0 spiro atoms. The number of Topliss-reactive ketones (excluding diaryl/α,β-unsaturated/α-hetero) is 1. The molecule has 3 aromatic rings. The number of aromatic nitrogens is 2. The Kier molecular flexibility index (Phi) is 5.42. The van der Waals surface area contributed by atoms with Crippen molar-refractivity contribution in [3.8, 4) is 0 Å². The van der Waals surface area contributed by atoms with Crippen molar-refractivity contribution in [3.63, 3.8) is 0 Å². The van der Waals surface area contributed by atoms with E-state index in [1.807, 2.05) is 0 Å². The van der Waals surface area contributed by atoms with Crippen LogP contribution in [0.5, 0.6) is 0 Å². The molecule has 0 atom stereocenters. The molecule has 2 N–H and O–H groups in total. The summed E-state index contributed by atoms with van der Waals surface area (Å²) in [6.45, 7) is 1.45. The van der Waals surface area contributed by atoms with Crippen LogP contribution in [0, 0.1) is 5.82 Å². The third-order valence-electron chi connectivity index (χ3n) is 3.60.